The van der Waals surface area contributed by atoms with Crippen LogP contribution in [-0.4, -0.2) is 58.8 Å². The summed E-state index contributed by atoms with van der Waals surface area (Å²) in [5.74, 6) is 1.60. The number of cyclic esters (lactones) is 1. The van der Waals surface area contributed by atoms with E-state index in [1.807, 2.05) is 0 Å². The molecule has 4 N–H and O–H groups in total. The molecule has 33 heavy (non-hydrogen) atoms. The van der Waals surface area contributed by atoms with Gasteiger partial charge >= 0.3 is 5.97 Å². The highest BCUT2D eigenvalue weighted by Gasteiger charge is 2.64. The molecule has 0 radical (unpaired) electrons. The van der Waals surface area contributed by atoms with Crippen molar-refractivity contribution in [2.75, 3.05) is 13.2 Å². The molecule has 2 heterocycles. The van der Waals surface area contributed by atoms with Gasteiger partial charge in [0.25, 0.3) is 0 Å². The molecule has 0 spiro atoms. The van der Waals surface area contributed by atoms with Crippen LogP contribution in [0.5, 0.6) is 0 Å². The Morgan fingerprint density at radius 3 is 2.45 bits per heavy atom. The SMILES string of the molecule is C[C@@H]1CC[C@@H]([C@@H](C)[C@H]2[C@@H](O)C[C@H]3[C@@H]4COC(=O)[C@H]5C[C@H](O)[C@H](O)C[C@]5(C)[C@H]4CC[C@]23C)NC1. The Hall–Kier alpha value is -0.690. The summed E-state index contributed by atoms with van der Waals surface area (Å²) in [5.41, 5.74) is -0.339. The van der Waals surface area contributed by atoms with Gasteiger partial charge in [0.1, 0.15) is 0 Å². The van der Waals surface area contributed by atoms with Crippen LogP contribution in [-0.2, 0) is 9.53 Å². The van der Waals surface area contributed by atoms with Crippen LogP contribution in [0.1, 0.15) is 72.6 Å². The normalized spacial score (nSPS) is 55.5. The zero-order chi connectivity index (χ0) is 23.7. The third kappa shape index (κ3) is 3.70. The van der Waals surface area contributed by atoms with Crippen LogP contribution in [0.2, 0.25) is 0 Å². The van der Waals surface area contributed by atoms with E-state index >= 15 is 0 Å². The van der Waals surface area contributed by atoms with Crippen LogP contribution in [0.3, 0.4) is 0 Å². The number of carbonyl (C=O) groups excluding carboxylic acids is 1. The zero-order valence-corrected chi connectivity index (χ0v) is 20.9. The Bertz CT molecular complexity index is 753. The molecule has 0 aromatic carbocycles. The molecule has 6 nitrogen and oxygen atoms in total. The zero-order valence-electron chi connectivity index (χ0n) is 20.9. The van der Waals surface area contributed by atoms with Crippen molar-refractivity contribution in [2.45, 2.75) is 97.0 Å². The molecule has 5 rings (SSSR count). The molecule has 0 amide bonds. The van der Waals surface area contributed by atoms with Crippen LogP contribution in [0, 0.1) is 52.3 Å². The van der Waals surface area contributed by atoms with E-state index < -0.39 is 12.2 Å². The molecule has 2 saturated heterocycles. The predicted molar refractivity (Wildman–Crippen MR) is 125 cm³/mol. The Kier molecular flexibility index (Phi) is 6.16. The molecule has 2 aliphatic heterocycles. The van der Waals surface area contributed by atoms with Gasteiger partial charge < -0.3 is 25.4 Å². The number of esters is 1. The van der Waals surface area contributed by atoms with E-state index in [1.54, 1.807) is 0 Å². The fraction of sp³-hybridized carbons (Fsp3) is 0.963. The fourth-order valence-corrected chi connectivity index (χ4v) is 9.51. The van der Waals surface area contributed by atoms with Crippen molar-refractivity contribution in [2.24, 2.45) is 52.3 Å². The second kappa shape index (κ2) is 8.46. The summed E-state index contributed by atoms with van der Waals surface area (Å²) >= 11 is 0. The maximum Gasteiger partial charge on any atom is 0.309 e. The van der Waals surface area contributed by atoms with Gasteiger partial charge in [-0.1, -0.05) is 27.7 Å². The number of aliphatic hydroxyl groups excluding tert-OH is 3. The number of rotatable bonds is 2. The first-order valence-electron chi connectivity index (χ1n) is 13.5. The second-order valence-corrected chi connectivity index (χ2v) is 13.1. The molecule has 5 fully saturated rings. The van der Waals surface area contributed by atoms with Crippen molar-refractivity contribution >= 4 is 5.97 Å². The van der Waals surface area contributed by atoms with E-state index in [-0.39, 0.29) is 53.0 Å². The van der Waals surface area contributed by atoms with Crippen LogP contribution in [0.4, 0.5) is 0 Å². The number of hydrogen-bond donors (Lipinski definition) is 4. The van der Waals surface area contributed by atoms with Crippen LogP contribution >= 0.6 is 0 Å². The summed E-state index contributed by atoms with van der Waals surface area (Å²) in [7, 11) is 0. The molecule has 0 unspecified atom stereocenters. The van der Waals surface area contributed by atoms with Gasteiger partial charge in [0.2, 0.25) is 0 Å². The molecule has 0 aromatic rings. The van der Waals surface area contributed by atoms with Gasteiger partial charge in [-0.2, -0.15) is 0 Å². The Morgan fingerprint density at radius 1 is 1.00 bits per heavy atom. The first-order chi connectivity index (χ1) is 15.6. The van der Waals surface area contributed by atoms with Gasteiger partial charge in [0.15, 0.2) is 0 Å². The average Bonchev–Trinajstić information content (AvgIpc) is 2.98. The first kappa shape index (κ1) is 24.0. The van der Waals surface area contributed by atoms with Gasteiger partial charge in [0.05, 0.1) is 30.8 Å². The maximum atomic E-state index is 13.0. The van der Waals surface area contributed by atoms with Crippen molar-refractivity contribution < 1.29 is 24.9 Å². The lowest BCUT2D eigenvalue weighted by molar-refractivity contribution is -0.162. The summed E-state index contributed by atoms with van der Waals surface area (Å²) < 4.78 is 5.88. The van der Waals surface area contributed by atoms with E-state index in [2.05, 4.69) is 33.0 Å². The Morgan fingerprint density at radius 2 is 1.76 bits per heavy atom. The van der Waals surface area contributed by atoms with Crippen molar-refractivity contribution in [3.63, 3.8) is 0 Å². The van der Waals surface area contributed by atoms with Crippen molar-refractivity contribution in [3.8, 4) is 0 Å². The smallest absolute Gasteiger partial charge is 0.309 e. The summed E-state index contributed by atoms with van der Waals surface area (Å²) in [6.07, 6.45) is 4.02. The van der Waals surface area contributed by atoms with Gasteiger partial charge in [0, 0.05) is 6.04 Å². The topological polar surface area (TPSA) is 99.0 Å². The first-order valence-corrected chi connectivity index (χ1v) is 13.5. The van der Waals surface area contributed by atoms with Crippen LogP contribution in [0.15, 0.2) is 0 Å². The lowest BCUT2D eigenvalue weighted by Crippen LogP contribution is -2.55. The third-order valence-electron chi connectivity index (χ3n) is 11.4. The molecule has 188 valence electrons. The highest BCUT2D eigenvalue weighted by atomic mass is 16.5. The van der Waals surface area contributed by atoms with Gasteiger partial charge in [-0.25, -0.2) is 0 Å². The Balaban J connectivity index is 1.42. The van der Waals surface area contributed by atoms with E-state index in [9.17, 15) is 20.1 Å². The summed E-state index contributed by atoms with van der Waals surface area (Å²) in [6.45, 7) is 10.7. The van der Waals surface area contributed by atoms with Gasteiger partial charge in [-0.15, -0.1) is 0 Å². The van der Waals surface area contributed by atoms with E-state index in [0.29, 0.717) is 30.9 Å². The number of aliphatic hydroxyl groups is 3. The lowest BCUT2D eigenvalue weighted by atomic mass is 9.48. The van der Waals surface area contributed by atoms with Gasteiger partial charge in [-0.3, -0.25) is 4.79 Å². The summed E-state index contributed by atoms with van der Waals surface area (Å²) in [5, 5.41) is 36.0. The molecular weight excluding hydrogens is 418 g/mol. The number of ether oxygens (including phenoxy) is 1. The molecular formula is C27H45NO5. The molecule has 0 aromatic heterocycles. The quantitative estimate of drug-likeness (QED) is 0.470. The van der Waals surface area contributed by atoms with Crippen LogP contribution < -0.4 is 5.32 Å². The minimum atomic E-state index is -0.856. The van der Waals surface area contributed by atoms with Crippen molar-refractivity contribution in [3.05, 3.63) is 0 Å². The minimum absolute atomic E-state index is 0.0279. The Labute approximate surface area is 198 Å². The lowest BCUT2D eigenvalue weighted by Gasteiger charge is -2.56. The number of hydrogen-bond acceptors (Lipinski definition) is 6. The van der Waals surface area contributed by atoms with E-state index in [0.717, 1.165) is 31.7 Å². The number of carbonyl (C=O) groups is 1. The summed E-state index contributed by atoms with van der Waals surface area (Å²) in [6, 6.07) is 0.456. The standard InChI is InChI=1S/C27H45NO5/c1-14-5-6-20(28-12-14)15(2)24-22(30)9-18-16-13-33-25(32)19-10-21(29)23(31)11-27(19,4)17(16)7-8-26(18,24)3/h14-24,28-31H,5-13H2,1-4H3/t14-,15-,16-,17+,18+,19-,20+,21+,22+,23-,24+,26+,27-/m1/s1. The average molecular weight is 464 g/mol. The number of nitrogens with one attached hydrogen (secondary N) is 1. The molecule has 13 atom stereocenters. The van der Waals surface area contributed by atoms with Crippen LogP contribution in [0.25, 0.3) is 0 Å². The number of fused-ring (bicyclic) bond motifs is 5. The van der Waals surface area contributed by atoms with Gasteiger partial charge in [-0.05, 0) is 97.8 Å². The molecule has 3 aliphatic carbocycles. The molecule has 5 aliphatic rings. The largest absolute Gasteiger partial charge is 0.465 e. The minimum Gasteiger partial charge on any atom is -0.465 e. The van der Waals surface area contributed by atoms with Crippen molar-refractivity contribution in [1.82, 2.24) is 5.32 Å². The molecule has 6 heteroatoms. The highest BCUT2D eigenvalue weighted by molar-refractivity contribution is 5.74. The fourth-order valence-electron chi connectivity index (χ4n) is 9.51. The second-order valence-electron chi connectivity index (χ2n) is 13.1. The van der Waals surface area contributed by atoms with E-state index in [1.165, 1.54) is 12.8 Å². The number of piperidine rings is 1. The monoisotopic (exact) mass is 463 g/mol. The molecule has 0 bridgehead atoms. The predicted octanol–water partition coefficient (Wildman–Crippen LogP) is 2.74. The maximum absolute atomic E-state index is 13.0. The highest BCUT2D eigenvalue weighted by Crippen LogP contribution is 2.66. The van der Waals surface area contributed by atoms with Crippen molar-refractivity contribution in [1.29, 1.82) is 0 Å². The summed E-state index contributed by atoms with van der Waals surface area (Å²) in [4.78, 5) is 13.0. The molecule has 3 saturated carbocycles. The third-order valence-corrected chi connectivity index (χ3v) is 11.4. The van der Waals surface area contributed by atoms with E-state index in [4.69, 9.17) is 4.74 Å².